The topological polar surface area (TPSA) is 87.2 Å². The molecule has 3 rings (SSSR count). The lowest BCUT2D eigenvalue weighted by atomic mass is 10.1. The van der Waals surface area contributed by atoms with Crippen LogP contribution in [0.5, 0.6) is 0 Å². The van der Waals surface area contributed by atoms with E-state index >= 15 is 0 Å². The number of nitrogens with one attached hydrogen (secondary N) is 2. The predicted molar refractivity (Wildman–Crippen MR) is 113 cm³/mol. The van der Waals surface area contributed by atoms with Crippen molar-refractivity contribution in [3.05, 3.63) is 47.0 Å². The highest BCUT2D eigenvalue weighted by Crippen LogP contribution is 2.22. The molecule has 8 heteroatoms. The molecule has 0 saturated heterocycles. The van der Waals surface area contributed by atoms with Gasteiger partial charge in [0, 0.05) is 5.69 Å². The zero-order valence-electron chi connectivity index (χ0n) is 16.4. The van der Waals surface area contributed by atoms with E-state index in [2.05, 4.69) is 19.4 Å². The third-order valence-electron chi connectivity index (χ3n) is 4.33. The van der Waals surface area contributed by atoms with Crippen LogP contribution in [-0.4, -0.2) is 45.6 Å². The van der Waals surface area contributed by atoms with E-state index in [1.807, 2.05) is 45.0 Å². The molecule has 0 bridgehead atoms. The molecule has 0 aliphatic heterocycles. The van der Waals surface area contributed by atoms with E-state index in [9.17, 15) is 9.59 Å². The van der Waals surface area contributed by atoms with Gasteiger partial charge in [-0.15, -0.1) is 0 Å². The lowest BCUT2D eigenvalue weighted by Crippen LogP contribution is -2.36. The van der Waals surface area contributed by atoms with E-state index in [0.717, 1.165) is 39.6 Å². The smallest absolute Gasteiger partial charge is 0.238 e. The first-order chi connectivity index (χ1) is 13.3. The first-order valence-electron chi connectivity index (χ1n) is 8.91. The van der Waals surface area contributed by atoms with E-state index < -0.39 is 0 Å². The first kappa shape index (κ1) is 19.9. The zero-order chi connectivity index (χ0) is 20.3. The molecule has 7 nitrogen and oxygen atoms in total. The molecule has 146 valence electrons. The van der Waals surface area contributed by atoms with Crippen molar-refractivity contribution in [2.24, 2.45) is 0 Å². The van der Waals surface area contributed by atoms with Crippen molar-refractivity contribution >= 4 is 46.0 Å². The van der Waals surface area contributed by atoms with Gasteiger partial charge in [0.15, 0.2) is 0 Å². The van der Waals surface area contributed by atoms with E-state index in [-0.39, 0.29) is 24.9 Å². The lowest BCUT2D eigenvalue weighted by molar-refractivity contribution is -0.119. The van der Waals surface area contributed by atoms with E-state index in [4.69, 9.17) is 0 Å². The number of carbonyl (C=O) groups excluding carboxylic acids is 2. The van der Waals surface area contributed by atoms with Crippen LogP contribution < -0.4 is 10.6 Å². The second-order valence-corrected chi connectivity index (χ2v) is 7.51. The molecule has 0 saturated carbocycles. The second-order valence-electron chi connectivity index (χ2n) is 6.98. The molecule has 0 atom stereocenters. The van der Waals surface area contributed by atoms with Gasteiger partial charge in [-0.25, -0.2) is 0 Å². The normalized spacial score (nSPS) is 11.0. The van der Waals surface area contributed by atoms with Crippen molar-refractivity contribution in [2.45, 2.75) is 20.8 Å². The highest BCUT2D eigenvalue weighted by Gasteiger charge is 2.14. The number of carbonyl (C=O) groups is 2. The van der Waals surface area contributed by atoms with Crippen LogP contribution in [0.15, 0.2) is 30.3 Å². The number of fused-ring (bicyclic) bond motifs is 1. The number of hydrogen-bond donors (Lipinski definition) is 2. The molecule has 3 aromatic rings. The summed E-state index contributed by atoms with van der Waals surface area (Å²) in [6.07, 6.45) is 0. The van der Waals surface area contributed by atoms with Crippen molar-refractivity contribution in [2.75, 3.05) is 30.8 Å². The van der Waals surface area contributed by atoms with Crippen LogP contribution in [-0.2, 0) is 9.59 Å². The molecule has 0 unspecified atom stereocenters. The van der Waals surface area contributed by atoms with Gasteiger partial charge in [0.2, 0.25) is 11.8 Å². The lowest BCUT2D eigenvalue weighted by Gasteiger charge is -2.18. The van der Waals surface area contributed by atoms with Crippen molar-refractivity contribution < 1.29 is 9.59 Å². The molecular formula is C20H23N5O2S. The Morgan fingerprint density at radius 3 is 2.32 bits per heavy atom. The van der Waals surface area contributed by atoms with Gasteiger partial charge in [0.25, 0.3) is 0 Å². The summed E-state index contributed by atoms with van der Waals surface area (Å²) in [5, 5.41) is 5.79. The Kier molecular flexibility index (Phi) is 6.01. The molecule has 2 N–H and O–H groups in total. The van der Waals surface area contributed by atoms with Crippen LogP contribution in [0.3, 0.4) is 0 Å². The molecule has 2 amide bonds. The minimum absolute atomic E-state index is 0.0905. The van der Waals surface area contributed by atoms with Crippen molar-refractivity contribution in [3.8, 4) is 0 Å². The van der Waals surface area contributed by atoms with Crippen molar-refractivity contribution in [3.63, 3.8) is 0 Å². The molecule has 2 aromatic carbocycles. The monoisotopic (exact) mass is 397 g/mol. The number of nitrogens with zero attached hydrogens (tertiary/aromatic N) is 3. The quantitative estimate of drug-likeness (QED) is 0.667. The Hall–Kier alpha value is -2.84. The number of likely N-dealkylation sites (N-methyl/N-ethyl adjacent to an activating group) is 1. The summed E-state index contributed by atoms with van der Waals surface area (Å²) < 4.78 is 8.37. The van der Waals surface area contributed by atoms with Crippen molar-refractivity contribution in [1.82, 2.24) is 13.6 Å². The number of aryl methyl sites for hydroxylation is 3. The van der Waals surface area contributed by atoms with Crippen LogP contribution in [0, 0.1) is 20.8 Å². The van der Waals surface area contributed by atoms with Gasteiger partial charge in [-0.1, -0.05) is 23.8 Å². The largest absolute Gasteiger partial charge is 0.324 e. The maximum atomic E-state index is 12.4. The summed E-state index contributed by atoms with van der Waals surface area (Å²) in [5.74, 6) is -0.366. The van der Waals surface area contributed by atoms with E-state index in [0.29, 0.717) is 11.2 Å². The zero-order valence-corrected chi connectivity index (χ0v) is 17.2. The van der Waals surface area contributed by atoms with Gasteiger partial charge in [-0.2, -0.15) is 8.75 Å². The SMILES string of the molecule is Cc1cc(C)c(NC(=O)CN(C)CC(=O)Nc2cccc3nsnc23)c(C)c1. The molecule has 0 aliphatic carbocycles. The number of hydrogen-bond acceptors (Lipinski definition) is 6. The summed E-state index contributed by atoms with van der Waals surface area (Å²) in [6, 6.07) is 9.53. The highest BCUT2D eigenvalue weighted by molar-refractivity contribution is 7.00. The number of aromatic nitrogens is 2. The fourth-order valence-electron chi connectivity index (χ4n) is 3.20. The van der Waals surface area contributed by atoms with Gasteiger partial charge in [0.05, 0.1) is 30.5 Å². The Morgan fingerprint density at radius 2 is 1.64 bits per heavy atom. The average Bonchev–Trinajstić information content (AvgIpc) is 3.07. The highest BCUT2D eigenvalue weighted by atomic mass is 32.1. The maximum Gasteiger partial charge on any atom is 0.238 e. The Morgan fingerprint density at radius 1 is 1.00 bits per heavy atom. The third kappa shape index (κ3) is 4.71. The van der Waals surface area contributed by atoms with Gasteiger partial charge in [0.1, 0.15) is 11.0 Å². The average molecular weight is 398 g/mol. The van der Waals surface area contributed by atoms with E-state index in [1.54, 1.807) is 18.0 Å². The minimum Gasteiger partial charge on any atom is -0.324 e. The standard InChI is InChI=1S/C20H23N5O2S/c1-12-8-13(2)19(14(3)9-12)22-18(27)11-25(4)10-17(26)21-15-6-5-7-16-20(15)24-28-23-16/h5-9H,10-11H2,1-4H3,(H,21,26)(H,22,27). The summed E-state index contributed by atoms with van der Waals surface area (Å²) >= 11 is 1.11. The number of benzene rings is 2. The summed E-state index contributed by atoms with van der Waals surface area (Å²) in [5.41, 5.74) is 6.08. The minimum atomic E-state index is -0.210. The van der Waals surface area contributed by atoms with Crippen molar-refractivity contribution in [1.29, 1.82) is 0 Å². The first-order valence-corrected chi connectivity index (χ1v) is 9.64. The van der Waals surface area contributed by atoms with Crippen LogP contribution in [0.2, 0.25) is 0 Å². The number of rotatable bonds is 6. The number of amides is 2. The maximum absolute atomic E-state index is 12.4. The Labute approximate surface area is 168 Å². The molecule has 0 radical (unpaired) electrons. The predicted octanol–water partition coefficient (Wildman–Crippen LogP) is 3.13. The fraction of sp³-hybridized carbons (Fsp3) is 0.300. The molecule has 1 aromatic heterocycles. The van der Waals surface area contributed by atoms with Gasteiger partial charge >= 0.3 is 0 Å². The van der Waals surface area contributed by atoms with E-state index in [1.165, 1.54) is 0 Å². The molecular weight excluding hydrogens is 374 g/mol. The van der Waals surface area contributed by atoms with Gasteiger partial charge in [-0.3, -0.25) is 14.5 Å². The summed E-state index contributed by atoms with van der Waals surface area (Å²) in [4.78, 5) is 26.4. The molecule has 0 aliphatic rings. The third-order valence-corrected chi connectivity index (χ3v) is 4.87. The molecule has 28 heavy (non-hydrogen) atoms. The number of anilines is 2. The summed E-state index contributed by atoms with van der Waals surface area (Å²) in [7, 11) is 1.74. The molecule has 0 fully saturated rings. The fourth-order valence-corrected chi connectivity index (χ4v) is 3.75. The van der Waals surface area contributed by atoms with Crippen LogP contribution >= 0.6 is 11.7 Å². The summed E-state index contributed by atoms with van der Waals surface area (Å²) in [6.45, 7) is 6.18. The van der Waals surface area contributed by atoms with Crippen LogP contribution in [0.4, 0.5) is 11.4 Å². The molecule has 1 heterocycles. The van der Waals surface area contributed by atoms with Gasteiger partial charge in [-0.05, 0) is 51.1 Å². The molecule has 0 spiro atoms. The second kappa shape index (κ2) is 8.45. The Balaban J connectivity index is 1.56. The van der Waals surface area contributed by atoms with Crippen LogP contribution in [0.1, 0.15) is 16.7 Å². The van der Waals surface area contributed by atoms with Crippen LogP contribution in [0.25, 0.3) is 11.0 Å². The van der Waals surface area contributed by atoms with Gasteiger partial charge < -0.3 is 10.6 Å². The Bertz CT molecular complexity index is 1010.